The van der Waals surface area contributed by atoms with Crippen LogP contribution in [-0.2, 0) is 5.41 Å². The third kappa shape index (κ3) is 3.09. The van der Waals surface area contributed by atoms with Gasteiger partial charge >= 0.3 is 0 Å². The Morgan fingerprint density at radius 1 is 0.710 bits per heavy atom. The van der Waals surface area contributed by atoms with Crippen LogP contribution in [0, 0.1) is 20.8 Å². The van der Waals surface area contributed by atoms with Crippen LogP contribution in [-0.4, -0.2) is 0 Å². The maximum absolute atomic E-state index is 6.54. The van der Waals surface area contributed by atoms with Crippen molar-refractivity contribution in [2.24, 2.45) is 0 Å². The van der Waals surface area contributed by atoms with Crippen molar-refractivity contribution in [3.8, 4) is 11.5 Å². The van der Waals surface area contributed by atoms with Gasteiger partial charge in [0, 0.05) is 5.39 Å². The Bertz CT molecular complexity index is 1300. The summed E-state index contributed by atoms with van der Waals surface area (Å²) in [7, 11) is 0. The molecule has 0 saturated heterocycles. The van der Waals surface area contributed by atoms with Gasteiger partial charge in [-0.1, -0.05) is 69.3 Å². The summed E-state index contributed by atoms with van der Waals surface area (Å²) in [5, 5.41) is 2.38. The van der Waals surface area contributed by atoms with Gasteiger partial charge in [-0.15, -0.1) is 0 Å². The summed E-state index contributed by atoms with van der Waals surface area (Å²) < 4.78 is 6.54. The fourth-order valence-electron chi connectivity index (χ4n) is 4.74. The molecule has 1 aliphatic rings. The van der Waals surface area contributed by atoms with Crippen LogP contribution < -0.4 is 9.64 Å². The third-order valence-electron chi connectivity index (χ3n) is 6.33. The van der Waals surface area contributed by atoms with Crippen molar-refractivity contribution in [1.82, 2.24) is 0 Å². The molecule has 0 amide bonds. The molecule has 0 N–H and O–H groups in total. The Kier molecular flexibility index (Phi) is 4.37. The number of anilines is 3. The highest BCUT2D eigenvalue weighted by Gasteiger charge is 2.30. The Morgan fingerprint density at radius 3 is 2.13 bits per heavy atom. The second kappa shape index (κ2) is 6.88. The molecule has 0 aliphatic carbocycles. The standard InChI is InChI=1S/C29H29NO/c1-18-10-9-11-21-14-15-24-28(26(18)21)31-25-13-8-7-12-23(25)30(24)27-19(2)16-22(17-20(27)3)29(4,5)6/h7-17H,1-6H3. The monoisotopic (exact) mass is 407 g/mol. The Hall–Kier alpha value is -3.26. The van der Waals surface area contributed by atoms with Crippen LogP contribution in [0.4, 0.5) is 17.1 Å². The number of para-hydroxylation sites is 2. The Labute approximate surface area is 185 Å². The van der Waals surface area contributed by atoms with Gasteiger partial charge in [0.25, 0.3) is 0 Å². The lowest BCUT2D eigenvalue weighted by Crippen LogP contribution is -2.19. The maximum atomic E-state index is 6.54. The summed E-state index contributed by atoms with van der Waals surface area (Å²) >= 11 is 0. The van der Waals surface area contributed by atoms with Crippen molar-refractivity contribution in [2.75, 3.05) is 4.90 Å². The minimum absolute atomic E-state index is 0.113. The number of hydrogen-bond donors (Lipinski definition) is 0. The number of benzene rings is 4. The molecule has 0 fully saturated rings. The molecular formula is C29H29NO. The van der Waals surface area contributed by atoms with Gasteiger partial charge in [-0.25, -0.2) is 0 Å². The third-order valence-corrected chi connectivity index (χ3v) is 6.33. The van der Waals surface area contributed by atoms with Gasteiger partial charge < -0.3 is 9.64 Å². The molecule has 1 heterocycles. The van der Waals surface area contributed by atoms with Crippen LogP contribution in [0.2, 0.25) is 0 Å². The van der Waals surface area contributed by atoms with E-state index in [1.54, 1.807) is 0 Å². The zero-order valence-electron chi connectivity index (χ0n) is 19.2. The largest absolute Gasteiger partial charge is 0.452 e. The molecule has 0 bridgehead atoms. The molecule has 2 heteroatoms. The first-order valence-corrected chi connectivity index (χ1v) is 11.0. The quantitative estimate of drug-likeness (QED) is 0.276. The van der Waals surface area contributed by atoms with Crippen LogP contribution in [0.15, 0.2) is 66.7 Å². The molecule has 0 aromatic heterocycles. The van der Waals surface area contributed by atoms with E-state index in [1.807, 2.05) is 6.07 Å². The molecule has 4 aromatic rings. The average Bonchev–Trinajstić information content (AvgIpc) is 2.72. The molecular weight excluding hydrogens is 378 g/mol. The SMILES string of the molecule is Cc1cc(C(C)(C)C)cc(C)c1N1c2ccccc2Oc2c1ccc1cccc(C)c21. The van der Waals surface area contributed by atoms with Crippen molar-refractivity contribution in [3.05, 3.63) is 89.0 Å². The molecule has 0 unspecified atom stereocenters. The number of nitrogens with zero attached hydrogens (tertiary/aromatic N) is 1. The first kappa shape index (κ1) is 19.7. The maximum Gasteiger partial charge on any atom is 0.159 e. The summed E-state index contributed by atoms with van der Waals surface area (Å²) in [6.07, 6.45) is 0. The molecule has 4 aromatic carbocycles. The Morgan fingerprint density at radius 2 is 1.42 bits per heavy atom. The van der Waals surface area contributed by atoms with E-state index in [4.69, 9.17) is 4.74 Å². The number of ether oxygens (including phenoxy) is 1. The summed E-state index contributed by atoms with van der Waals surface area (Å²) in [6, 6.07) is 23.9. The predicted molar refractivity (Wildman–Crippen MR) is 132 cm³/mol. The van der Waals surface area contributed by atoms with Gasteiger partial charge in [-0.3, -0.25) is 0 Å². The molecule has 0 spiro atoms. The highest BCUT2D eigenvalue weighted by Crippen LogP contribution is 2.54. The van der Waals surface area contributed by atoms with Crippen LogP contribution in [0.25, 0.3) is 10.8 Å². The average molecular weight is 408 g/mol. The minimum atomic E-state index is 0.113. The summed E-state index contributed by atoms with van der Waals surface area (Å²) in [5.41, 5.74) is 8.66. The van der Waals surface area contributed by atoms with Gasteiger partial charge in [0.05, 0.1) is 17.1 Å². The van der Waals surface area contributed by atoms with Crippen LogP contribution in [0.5, 0.6) is 11.5 Å². The van der Waals surface area contributed by atoms with E-state index < -0.39 is 0 Å². The van der Waals surface area contributed by atoms with E-state index in [1.165, 1.54) is 38.7 Å². The van der Waals surface area contributed by atoms with Gasteiger partial charge in [0.1, 0.15) is 0 Å². The summed E-state index contributed by atoms with van der Waals surface area (Å²) in [6.45, 7) is 13.4. The van der Waals surface area contributed by atoms with E-state index in [0.717, 1.165) is 22.9 Å². The van der Waals surface area contributed by atoms with E-state index in [0.29, 0.717) is 0 Å². The highest BCUT2D eigenvalue weighted by atomic mass is 16.5. The smallest absolute Gasteiger partial charge is 0.159 e. The molecule has 0 saturated carbocycles. The van der Waals surface area contributed by atoms with Crippen molar-refractivity contribution in [2.45, 2.75) is 47.0 Å². The number of rotatable bonds is 1. The van der Waals surface area contributed by atoms with Gasteiger partial charge in [0.2, 0.25) is 0 Å². The lowest BCUT2D eigenvalue weighted by molar-refractivity contribution is 0.482. The van der Waals surface area contributed by atoms with Gasteiger partial charge in [0.15, 0.2) is 11.5 Å². The Balaban J connectivity index is 1.83. The summed E-state index contributed by atoms with van der Waals surface area (Å²) in [4.78, 5) is 2.39. The lowest BCUT2D eigenvalue weighted by atomic mass is 9.84. The van der Waals surface area contributed by atoms with Crippen molar-refractivity contribution in [1.29, 1.82) is 0 Å². The van der Waals surface area contributed by atoms with E-state index >= 15 is 0 Å². The van der Waals surface area contributed by atoms with Crippen molar-refractivity contribution < 1.29 is 4.74 Å². The summed E-state index contributed by atoms with van der Waals surface area (Å²) in [5.74, 6) is 1.83. The van der Waals surface area contributed by atoms with Crippen LogP contribution >= 0.6 is 0 Å². The van der Waals surface area contributed by atoms with Crippen LogP contribution in [0.1, 0.15) is 43.0 Å². The first-order chi connectivity index (χ1) is 14.8. The zero-order valence-corrected chi connectivity index (χ0v) is 19.2. The number of fused-ring (bicyclic) bond motifs is 4. The van der Waals surface area contributed by atoms with E-state index in [-0.39, 0.29) is 5.41 Å². The first-order valence-electron chi connectivity index (χ1n) is 11.0. The number of hydrogen-bond acceptors (Lipinski definition) is 2. The second-order valence-corrected chi connectivity index (χ2v) is 9.70. The molecule has 156 valence electrons. The predicted octanol–water partition coefficient (Wildman–Crippen LogP) is 8.64. The molecule has 1 aliphatic heterocycles. The second-order valence-electron chi connectivity index (χ2n) is 9.70. The molecule has 31 heavy (non-hydrogen) atoms. The normalized spacial score (nSPS) is 13.0. The fourth-order valence-corrected chi connectivity index (χ4v) is 4.74. The van der Waals surface area contributed by atoms with Gasteiger partial charge in [-0.05, 0) is 72.0 Å². The highest BCUT2D eigenvalue weighted by molar-refractivity contribution is 6.01. The minimum Gasteiger partial charge on any atom is -0.452 e. The number of aryl methyl sites for hydroxylation is 3. The van der Waals surface area contributed by atoms with Crippen LogP contribution in [0.3, 0.4) is 0 Å². The van der Waals surface area contributed by atoms with E-state index in [2.05, 4.69) is 107 Å². The molecule has 5 rings (SSSR count). The fraction of sp³-hybridized carbons (Fsp3) is 0.241. The molecule has 0 radical (unpaired) electrons. The van der Waals surface area contributed by atoms with E-state index in [9.17, 15) is 0 Å². The molecule has 0 atom stereocenters. The van der Waals surface area contributed by atoms with Crippen molar-refractivity contribution in [3.63, 3.8) is 0 Å². The van der Waals surface area contributed by atoms with Gasteiger partial charge in [-0.2, -0.15) is 0 Å². The molecule has 2 nitrogen and oxygen atoms in total. The lowest BCUT2D eigenvalue weighted by Gasteiger charge is -2.36. The van der Waals surface area contributed by atoms with Crippen molar-refractivity contribution >= 4 is 27.8 Å². The zero-order chi connectivity index (χ0) is 21.9. The topological polar surface area (TPSA) is 12.5 Å².